The molecule has 0 saturated heterocycles. The van der Waals surface area contributed by atoms with Crippen LogP contribution < -0.4 is 0 Å². The van der Waals surface area contributed by atoms with Gasteiger partial charge >= 0.3 is 5.97 Å². The summed E-state index contributed by atoms with van der Waals surface area (Å²) in [6.07, 6.45) is -0.995. The predicted molar refractivity (Wildman–Crippen MR) is 57.4 cm³/mol. The van der Waals surface area contributed by atoms with Gasteiger partial charge in [0.05, 0.1) is 7.11 Å². The highest BCUT2D eigenvalue weighted by atomic mass is 16.5. The van der Waals surface area contributed by atoms with Crippen LogP contribution in [0.15, 0.2) is 0 Å². The Morgan fingerprint density at radius 2 is 1.42 bits per heavy atom. The van der Waals surface area contributed by atoms with Crippen LogP contribution in [0.4, 0.5) is 0 Å². The molecule has 12 heavy (non-hydrogen) atoms. The van der Waals surface area contributed by atoms with E-state index in [1.807, 2.05) is 0 Å². The highest BCUT2D eigenvalue weighted by Crippen LogP contribution is 1.80. The highest BCUT2D eigenvalue weighted by Gasteiger charge is 2.05. The second-order valence-corrected chi connectivity index (χ2v) is 1.20. The quantitative estimate of drug-likeness (QED) is 0.637. The molecule has 3 heteroatoms. The molecule has 0 aromatic heterocycles. The SMILES string of the molecule is C.C.C.C.C.COC(=O)C(C)O. The Kier molecular flexibility index (Phi) is 78.8. The summed E-state index contributed by atoms with van der Waals surface area (Å²) in [6, 6.07) is 0. The maximum Gasteiger partial charge on any atom is 0.334 e. The number of aliphatic hydroxyl groups is 1. The Hall–Kier alpha value is -0.570. The molecule has 82 valence electrons. The third-order valence-electron chi connectivity index (χ3n) is 0.542. The van der Waals surface area contributed by atoms with Crippen molar-refractivity contribution >= 4 is 5.97 Å². The lowest BCUT2D eigenvalue weighted by Crippen LogP contribution is -2.16. The van der Waals surface area contributed by atoms with Crippen molar-refractivity contribution in [3.05, 3.63) is 0 Å². The van der Waals surface area contributed by atoms with Crippen LogP contribution in [-0.4, -0.2) is 24.3 Å². The van der Waals surface area contributed by atoms with Gasteiger partial charge in [0, 0.05) is 0 Å². The third-order valence-corrected chi connectivity index (χ3v) is 0.542. The molecule has 0 heterocycles. The first-order valence-electron chi connectivity index (χ1n) is 1.94. The lowest BCUT2D eigenvalue weighted by Gasteiger charge is -1.97. The predicted octanol–water partition coefficient (Wildman–Crippen LogP) is 2.72. The normalized spacial score (nSPS) is 7.58. The molecule has 0 radical (unpaired) electrons. The molecule has 1 N–H and O–H groups in total. The van der Waals surface area contributed by atoms with Crippen molar-refractivity contribution in [2.24, 2.45) is 0 Å². The Labute approximate surface area is 78.8 Å². The van der Waals surface area contributed by atoms with Crippen molar-refractivity contribution < 1.29 is 14.6 Å². The minimum absolute atomic E-state index is 0. The minimum Gasteiger partial charge on any atom is -0.467 e. The fraction of sp³-hybridized carbons (Fsp3) is 0.889. The number of hydrogen-bond donors (Lipinski definition) is 1. The first-order valence-corrected chi connectivity index (χ1v) is 1.94. The van der Waals surface area contributed by atoms with Crippen molar-refractivity contribution in [2.75, 3.05) is 7.11 Å². The van der Waals surface area contributed by atoms with Gasteiger partial charge in [0.1, 0.15) is 6.10 Å². The lowest BCUT2D eigenvalue weighted by molar-refractivity contribution is -0.149. The molecule has 1 unspecified atom stereocenters. The first kappa shape index (κ1) is 42.2. The second kappa shape index (κ2) is 22.4. The maximum atomic E-state index is 10.0. The summed E-state index contributed by atoms with van der Waals surface area (Å²) in [5.74, 6) is -0.597. The van der Waals surface area contributed by atoms with Crippen LogP contribution >= 0.6 is 0 Å². The summed E-state index contributed by atoms with van der Waals surface area (Å²) in [5.41, 5.74) is 0. The van der Waals surface area contributed by atoms with Gasteiger partial charge in [-0.3, -0.25) is 0 Å². The number of rotatable bonds is 1. The molecular formula is C9H28O3. The number of aliphatic hydroxyl groups excluding tert-OH is 1. The fourth-order valence-corrected chi connectivity index (χ4v) is 0.171. The van der Waals surface area contributed by atoms with Gasteiger partial charge in [-0.25, -0.2) is 4.79 Å². The number of methoxy groups -OCH3 is 1. The van der Waals surface area contributed by atoms with Crippen LogP contribution in [0.2, 0.25) is 0 Å². The molecule has 0 spiro atoms. The second-order valence-electron chi connectivity index (χ2n) is 1.20. The van der Waals surface area contributed by atoms with Crippen molar-refractivity contribution in [3.8, 4) is 0 Å². The fourth-order valence-electron chi connectivity index (χ4n) is 0.171. The van der Waals surface area contributed by atoms with Gasteiger partial charge in [0.2, 0.25) is 0 Å². The molecule has 0 bridgehead atoms. The summed E-state index contributed by atoms with van der Waals surface area (Å²) < 4.78 is 4.12. The smallest absolute Gasteiger partial charge is 0.334 e. The molecular weight excluding hydrogens is 156 g/mol. The Morgan fingerprint density at radius 1 is 1.17 bits per heavy atom. The van der Waals surface area contributed by atoms with E-state index in [0.717, 1.165) is 0 Å². The van der Waals surface area contributed by atoms with E-state index >= 15 is 0 Å². The summed E-state index contributed by atoms with van der Waals surface area (Å²) in [6.45, 7) is 1.35. The van der Waals surface area contributed by atoms with Crippen molar-refractivity contribution in [1.29, 1.82) is 0 Å². The van der Waals surface area contributed by atoms with E-state index < -0.39 is 12.1 Å². The van der Waals surface area contributed by atoms with E-state index in [1.54, 1.807) is 0 Å². The molecule has 0 aromatic rings. The van der Waals surface area contributed by atoms with Crippen molar-refractivity contribution in [2.45, 2.75) is 50.2 Å². The maximum absolute atomic E-state index is 10.0. The molecule has 0 saturated carbocycles. The number of esters is 1. The molecule has 0 fully saturated rings. The summed E-state index contributed by atoms with van der Waals surface area (Å²) in [7, 11) is 1.23. The molecule has 3 nitrogen and oxygen atoms in total. The van der Waals surface area contributed by atoms with Crippen LogP contribution in [0.25, 0.3) is 0 Å². The van der Waals surface area contributed by atoms with E-state index in [2.05, 4.69) is 4.74 Å². The van der Waals surface area contributed by atoms with Crippen molar-refractivity contribution in [1.82, 2.24) is 0 Å². The van der Waals surface area contributed by atoms with E-state index in [4.69, 9.17) is 5.11 Å². The van der Waals surface area contributed by atoms with Gasteiger partial charge < -0.3 is 9.84 Å². The number of hydrogen-bond acceptors (Lipinski definition) is 3. The standard InChI is InChI=1S/C4H8O3.5CH4/c1-3(5)4(6)7-2;;;;;/h3,5H,1-2H3;5*1H4. The van der Waals surface area contributed by atoms with Gasteiger partial charge in [-0.15, -0.1) is 0 Å². The summed E-state index contributed by atoms with van der Waals surface area (Å²) in [4.78, 5) is 10.0. The van der Waals surface area contributed by atoms with Gasteiger partial charge in [0.15, 0.2) is 0 Å². The summed E-state index contributed by atoms with van der Waals surface area (Å²) >= 11 is 0. The zero-order valence-corrected chi connectivity index (χ0v) is 4.34. The molecule has 0 aromatic carbocycles. The minimum atomic E-state index is -0.995. The van der Waals surface area contributed by atoms with Gasteiger partial charge in [-0.2, -0.15) is 0 Å². The number of carbonyl (C=O) groups excluding carboxylic acids is 1. The summed E-state index contributed by atoms with van der Waals surface area (Å²) in [5, 5.41) is 8.35. The van der Waals surface area contributed by atoms with E-state index in [9.17, 15) is 4.79 Å². The first-order chi connectivity index (χ1) is 3.18. The van der Waals surface area contributed by atoms with E-state index in [-0.39, 0.29) is 37.1 Å². The van der Waals surface area contributed by atoms with Crippen LogP contribution in [0.5, 0.6) is 0 Å². The van der Waals surface area contributed by atoms with Crippen molar-refractivity contribution in [3.63, 3.8) is 0 Å². The van der Waals surface area contributed by atoms with Crippen LogP contribution in [0.3, 0.4) is 0 Å². The zero-order chi connectivity index (χ0) is 5.86. The Morgan fingerprint density at radius 3 is 1.42 bits per heavy atom. The highest BCUT2D eigenvalue weighted by molar-refractivity contribution is 5.73. The topological polar surface area (TPSA) is 46.5 Å². The third kappa shape index (κ3) is 22.7. The van der Waals surface area contributed by atoms with E-state index in [1.165, 1.54) is 14.0 Å². The van der Waals surface area contributed by atoms with Gasteiger partial charge in [-0.05, 0) is 6.92 Å². The molecule has 0 amide bonds. The molecule has 0 aliphatic carbocycles. The molecule has 0 rings (SSSR count). The van der Waals surface area contributed by atoms with Crippen LogP contribution in [0.1, 0.15) is 44.1 Å². The van der Waals surface area contributed by atoms with Gasteiger partial charge in [0.25, 0.3) is 0 Å². The molecule has 1 atom stereocenters. The monoisotopic (exact) mass is 184 g/mol. The Balaban J connectivity index is -0.0000000180. The molecule has 0 aliphatic heterocycles. The lowest BCUT2D eigenvalue weighted by atomic mass is 10.4. The molecule has 0 aliphatic rings. The average molecular weight is 184 g/mol. The van der Waals surface area contributed by atoms with Crippen LogP contribution in [-0.2, 0) is 9.53 Å². The number of carbonyl (C=O) groups is 1. The van der Waals surface area contributed by atoms with Crippen LogP contribution in [0, 0.1) is 0 Å². The largest absolute Gasteiger partial charge is 0.467 e. The average Bonchev–Trinajstić information content (AvgIpc) is 1.65. The Bertz CT molecular complexity index is 70.2. The van der Waals surface area contributed by atoms with E-state index in [0.29, 0.717) is 0 Å². The zero-order valence-electron chi connectivity index (χ0n) is 4.34. The van der Waals surface area contributed by atoms with Gasteiger partial charge in [-0.1, -0.05) is 37.1 Å². The number of ether oxygens (including phenoxy) is 1.